The van der Waals surface area contributed by atoms with E-state index >= 15 is 0 Å². The molecule has 1 N–H and O–H groups in total. The van der Waals surface area contributed by atoms with Gasteiger partial charge in [-0.05, 0) is 47.8 Å². The lowest BCUT2D eigenvalue weighted by Gasteiger charge is -2.16. The van der Waals surface area contributed by atoms with Gasteiger partial charge in [0.25, 0.3) is 0 Å². The van der Waals surface area contributed by atoms with Crippen LogP contribution in [0.4, 0.5) is 0 Å². The smallest absolute Gasteiger partial charge is 0.250 e. The molecule has 0 aliphatic heterocycles. The number of halogens is 1. The van der Waals surface area contributed by atoms with E-state index in [0.717, 1.165) is 11.3 Å². The first-order valence-electron chi connectivity index (χ1n) is 7.37. The molecule has 0 radical (unpaired) electrons. The summed E-state index contributed by atoms with van der Waals surface area (Å²) in [4.78, 5) is 0.0265. The summed E-state index contributed by atoms with van der Waals surface area (Å²) >= 11 is 6.86. The van der Waals surface area contributed by atoms with Crippen molar-refractivity contribution in [2.45, 2.75) is 14.4 Å². The van der Waals surface area contributed by atoms with Gasteiger partial charge in [-0.25, -0.2) is 21.6 Å². The number of hydrogen-bond acceptors (Lipinski definition) is 6. The Kier molecular flexibility index (Phi) is 5.54. The van der Waals surface area contributed by atoms with Crippen LogP contribution in [0.5, 0.6) is 0 Å². The number of sulfonamides is 1. The minimum atomic E-state index is -3.91. The van der Waals surface area contributed by atoms with Gasteiger partial charge in [0.1, 0.15) is 15.2 Å². The van der Waals surface area contributed by atoms with E-state index in [0.29, 0.717) is 5.02 Å². The lowest BCUT2D eigenvalue weighted by atomic mass is 10.3. The molecule has 3 aromatic rings. The highest BCUT2D eigenvalue weighted by Gasteiger charge is 2.33. The van der Waals surface area contributed by atoms with E-state index in [-0.39, 0.29) is 21.4 Å². The Labute approximate surface area is 160 Å². The van der Waals surface area contributed by atoms with Crippen molar-refractivity contribution in [1.29, 1.82) is 0 Å². The monoisotopic (exact) mass is 431 g/mol. The van der Waals surface area contributed by atoms with E-state index in [4.69, 9.17) is 16.0 Å². The van der Waals surface area contributed by atoms with Crippen molar-refractivity contribution >= 4 is 42.8 Å². The van der Waals surface area contributed by atoms with Crippen LogP contribution in [0.25, 0.3) is 0 Å². The standard InChI is InChI=1S/C16H14ClNO5S3/c17-12-5-7-13(8-6-12)25(19,20)15(14-3-1-9-23-14)11-18-26(21,22)16-4-2-10-24-16/h1-10,15,18H,11H2. The molecule has 1 unspecified atom stereocenters. The molecule has 0 bridgehead atoms. The molecule has 0 aliphatic carbocycles. The van der Waals surface area contributed by atoms with Gasteiger partial charge in [-0.2, -0.15) is 0 Å². The van der Waals surface area contributed by atoms with Crippen molar-refractivity contribution in [1.82, 2.24) is 4.72 Å². The highest BCUT2D eigenvalue weighted by Crippen LogP contribution is 2.30. The molecule has 0 fully saturated rings. The zero-order valence-electron chi connectivity index (χ0n) is 13.2. The molecule has 0 spiro atoms. The van der Waals surface area contributed by atoms with Gasteiger partial charge < -0.3 is 4.42 Å². The molecule has 0 saturated carbocycles. The number of rotatable bonds is 7. The highest BCUT2D eigenvalue weighted by molar-refractivity contribution is 7.92. The first-order valence-corrected chi connectivity index (χ1v) is 11.7. The first-order chi connectivity index (χ1) is 12.3. The first kappa shape index (κ1) is 19.1. The fourth-order valence-corrected chi connectivity index (χ4v) is 6.20. The number of hydrogen-bond donors (Lipinski definition) is 1. The van der Waals surface area contributed by atoms with E-state index in [1.807, 2.05) is 0 Å². The molecule has 2 heterocycles. The summed E-state index contributed by atoms with van der Waals surface area (Å²) in [5, 5.41) is 0.813. The van der Waals surface area contributed by atoms with E-state index in [1.165, 1.54) is 42.7 Å². The second-order valence-corrected chi connectivity index (χ2v) is 10.8. The Morgan fingerprint density at radius 3 is 2.35 bits per heavy atom. The van der Waals surface area contributed by atoms with Gasteiger partial charge in [0, 0.05) is 11.6 Å². The summed E-state index contributed by atoms with van der Waals surface area (Å²) in [5.41, 5.74) is 0. The predicted molar refractivity (Wildman–Crippen MR) is 99.6 cm³/mol. The van der Waals surface area contributed by atoms with Crippen LogP contribution in [0.3, 0.4) is 0 Å². The third-order valence-corrected chi connectivity index (χ3v) is 8.75. The number of benzene rings is 1. The maximum absolute atomic E-state index is 13.0. The fraction of sp³-hybridized carbons (Fsp3) is 0.125. The van der Waals surface area contributed by atoms with Crippen LogP contribution in [0.15, 0.2) is 73.7 Å². The normalized spacial score (nSPS) is 13.6. The van der Waals surface area contributed by atoms with E-state index in [2.05, 4.69) is 4.72 Å². The second-order valence-electron chi connectivity index (χ2n) is 5.29. The van der Waals surface area contributed by atoms with Crippen molar-refractivity contribution in [3.8, 4) is 0 Å². The summed E-state index contributed by atoms with van der Waals surface area (Å²) < 4.78 is 58.4. The van der Waals surface area contributed by atoms with Crippen LogP contribution < -0.4 is 4.72 Å². The minimum Gasteiger partial charge on any atom is -0.468 e. The van der Waals surface area contributed by atoms with E-state index in [9.17, 15) is 16.8 Å². The molecule has 10 heteroatoms. The quantitative estimate of drug-likeness (QED) is 0.618. The Balaban J connectivity index is 1.93. The summed E-state index contributed by atoms with van der Waals surface area (Å²) in [7, 11) is -7.72. The zero-order valence-corrected chi connectivity index (χ0v) is 16.4. The Morgan fingerprint density at radius 1 is 1.04 bits per heavy atom. The van der Waals surface area contributed by atoms with Crippen molar-refractivity contribution in [3.05, 3.63) is 71.0 Å². The summed E-state index contributed by atoms with van der Waals surface area (Å²) in [6, 6.07) is 11.8. The molecule has 1 aromatic carbocycles. The van der Waals surface area contributed by atoms with Gasteiger partial charge in [0.2, 0.25) is 10.0 Å². The third-order valence-electron chi connectivity index (χ3n) is 3.60. The SMILES string of the molecule is O=S(=O)(NCC(c1ccco1)S(=O)(=O)c1ccc(Cl)cc1)c1cccs1. The largest absolute Gasteiger partial charge is 0.468 e. The molecule has 6 nitrogen and oxygen atoms in total. The Bertz CT molecular complexity index is 1060. The average molecular weight is 432 g/mol. The van der Waals surface area contributed by atoms with Gasteiger partial charge in [-0.1, -0.05) is 17.7 Å². The molecule has 1 atom stereocenters. The van der Waals surface area contributed by atoms with Gasteiger partial charge >= 0.3 is 0 Å². The topological polar surface area (TPSA) is 93.4 Å². The van der Waals surface area contributed by atoms with Crippen molar-refractivity contribution in [2.75, 3.05) is 6.54 Å². The minimum absolute atomic E-state index is 0.0265. The predicted octanol–water partition coefficient (Wildman–Crippen LogP) is 3.49. The molecular weight excluding hydrogens is 418 g/mol. The van der Waals surface area contributed by atoms with Crippen LogP contribution >= 0.6 is 22.9 Å². The Morgan fingerprint density at radius 2 is 1.77 bits per heavy atom. The van der Waals surface area contributed by atoms with Gasteiger partial charge in [0.05, 0.1) is 11.2 Å². The number of thiophene rings is 1. The Hall–Kier alpha value is -1.65. The van der Waals surface area contributed by atoms with Crippen LogP contribution in [0.1, 0.15) is 11.0 Å². The van der Waals surface area contributed by atoms with Crippen LogP contribution in [-0.4, -0.2) is 23.4 Å². The van der Waals surface area contributed by atoms with Gasteiger partial charge in [-0.15, -0.1) is 11.3 Å². The van der Waals surface area contributed by atoms with Crippen LogP contribution in [0, 0.1) is 0 Å². The number of sulfone groups is 1. The van der Waals surface area contributed by atoms with E-state index in [1.54, 1.807) is 17.5 Å². The molecule has 26 heavy (non-hydrogen) atoms. The molecule has 0 aliphatic rings. The second kappa shape index (κ2) is 7.53. The average Bonchev–Trinajstić information content (AvgIpc) is 3.29. The maximum Gasteiger partial charge on any atom is 0.250 e. The summed E-state index contributed by atoms with van der Waals surface area (Å²) in [6.45, 7) is -0.362. The summed E-state index contributed by atoms with van der Waals surface area (Å²) in [6.07, 6.45) is 1.34. The lowest BCUT2D eigenvalue weighted by Crippen LogP contribution is -2.31. The highest BCUT2D eigenvalue weighted by atomic mass is 35.5. The van der Waals surface area contributed by atoms with Crippen LogP contribution in [0.2, 0.25) is 5.02 Å². The maximum atomic E-state index is 13.0. The number of furan rings is 1. The van der Waals surface area contributed by atoms with Crippen molar-refractivity contribution in [2.24, 2.45) is 0 Å². The molecule has 138 valence electrons. The molecular formula is C16H14ClNO5S3. The lowest BCUT2D eigenvalue weighted by molar-refractivity contribution is 0.487. The third kappa shape index (κ3) is 4.02. The zero-order chi connectivity index (χ0) is 18.8. The van der Waals surface area contributed by atoms with Crippen LogP contribution in [-0.2, 0) is 19.9 Å². The van der Waals surface area contributed by atoms with Gasteiger partial charge in [0.15, 0.2) is 9.84 Å². The fourth-order valence-electron chi connectivity index (χ4n) is 2.30. The van der Waals surface area contributed by atoms with Crippen molar-refractivity contribution in [3.63, 3.8) is 0 Å². The molecule has 0 amide bonds. The molecule has 0 saturated heterocycles. The summed E-state index contributed by atoms with van der Waals surface area (Å²) in [5.74, 6) is 0.147. The number of nitrogens with one attached hydrogen (secondary N) is 1. The molecule has 3 rings (SSSR count). The van der Waals surface area contributed by atoms with Gasteiger partial charge in [-0.3, -0.25) is 0 Å². The van der Waals surface area contributed by atoms with Crippen molar-refractivity contribution < 1.29 is 21.3 Å². The van der Waals surface area contributed by atoms with E-state index < -0.39 is 25.1 Å². The molecule has 2 aromatic heterocycles.